The molecule has 1 aliphatic heterocycles. The van der Waals surface area contributed by atoms with Crippen molar-refractivity contribution in [3.8, 4) is 35.2 Å². The number of benzene rings is 1. The van der Waals surface area contributed by atoms with Gasteiger partial charge in [-0.25, -0.2) is 0 Å². The minimum Gasteiger partial charge on any atom is -0.507 e. The first-order valence-electron chi connectivity index (χ1n) is 7.77. The van der Waals surface area contributed by atoms with E-state index in [0.717, 1.165) is 25.9 Å². The molecule has 0 amide bonds. The van der Waals surface area contributed by atoms with Crippen LogP contribution in [-0.2, 0) is 0 Å². The van der Waals surface area contributed by atoms with E-state index in [0.29, 0.717) is 28.6 Å². The molecule has 24 heavy (non-hydrogen) atoms. The van der Waals surface area contributed by atoms with Gasteiger partial charge in [-0.2, -0.15) is 4.98 Å². The van der Waals surface area contributed by atoms with Crippen LogP contribution in [0.2, 0.25) is 0 Å². The van der Waals surface area contributed by atoms with Crippen molar-refractivity contribution < 1.29 is 9.84 Å². The summed E-state index contributed by atoms with van der Waals surface area (Å²) in [6, 6.07) is 5.16. The first kappa shape index (κ1) is 16.0. The Kier molecular flexibility index (Phi) is 4.77. The molecule has 0 unspecified atom stereocenters. The number of nitrogens with zero attached hydrogens (tertiary/aromatic N) is 3. The second-order valence-corrected chi connectivity index (χ2v) is 5.56. The lowest BCUT2D eigenvalue weighted by Crippen LogP contribution is -2.38. The summed E-state index contributed by atoms with van der Waals surface area (Å²) in [6.07, 6.45) is 7.49. The van der Waals surface area contributed by atoms with Crippen molar-refractivity contribution in [3.05, 3.63) is 23.8 Å². The number of aromatic nitrogens is 3. The summed E-state index contributed by atoms with van der Waals surface area (Å²) in [5.74, 6) is 3.18. The zero-order valence-corrected chi connectivity index (χ0v) is 13.4. The smallest absolute Gasteiger partial charge is 0.246 e. The summed E-state index contributed by atoms with van der Waals surface area (Å²) in [7, 11) is 1.51. The molecular weight excluding hydrogens is 306 g/mol. The molecule has 124 valence electrons. The van der Waals surface area contributed by atoms with Crippen LogP contribution in [0.25, 0.3) is 11.3 Å². The highest BCUT2D eigenvalue weighted by Crippen LogP contribution is 2.33. The van der Waals surface area contributed by atoms with Gasteiger partial charge in [0.15, 0.2) is 5.69 Å². The van der Waals surface area contributed by atoms with E-state index in [1.54, 1.807) is 12.1 Å². The number of aromatic hydroxyl groups is 1. The van der Waals surface area contributed by atoms with Gasteiger partial charge in [-0.05, 0) is 37.6 Å². The van der Waals surface area contributed by atoms with Gasteiger partial charge in [-0.3, -0.25) is 0 Å². The highest BCUT2D eigenvalue weighted by molar-refractivity contribution is 5.71. The van der Waals surface area contributed by atoms with Crippen LogP contribution in [0.4, 0.5) is 5.95 Å². The monoisotopic (exact) mass is 325 g/mol. The molecule has 1 aromatic heterocycles. The Morgan fingerprint density at radius 2 is 2.29 bits per heavy atom. The molecule has 0 radical (unpaired) electrons. The number of piperidine rings is 1. The molecule has 1 saturated heterocycles. The third kappa shape index (κ3) is 3.39. The Bertz CT molecular complexity index is 766. The molecular formula is C17H19N5O2. The molecule has 2 aromatic rings. The molecule has 3 N–H and O–H groups in total. The number of phenols is 1. The highest BCUT2D eigenvalue weighted by Gasteiger charge is 2.18. The van der Waals surface area contributed by atoms with Crippen LogP contribution in [-0.4, -0.2) is 46.5 Å². The quantitative estimate of drug-likeness (QED) is 0.732. The van der Waals surface area contributed by atoms with E-state index in [2.05, 4.69) is 31.7 Å². The number of ether oxygens (including phenoxy) is 1. The molecule has 0 spiro atoms. The van der Waals surface area contributed by atoms with Gasteiger partial charge in [0.2, 0.25) is 11.8 Å². The van der Waals surface area contributed by atoms with Crippen LogP contribution in [0.5, 0.6) is 11.6 Å². The van der Waals surface area contributed by atoms with Gasteiger partial charge in [0.25, 0.3) is 0 Å². The predicted molar refractivity (Wildman–Crippen MR) is 90.9 cm³/mol. The van der Waals surface area contributed by atoms with Gasteiger partial charge in [0.05, 0.1) is 7.11 Å². The predicted octanol–water partition coefficient (Wildman–Crippen LogP) is 1.40. The van der Waals surface area contributed by atoms with Gasteiger partial charge in [0, 0.05) is 23.7 Å². The first-order chi connectivity index (χ1) is 11.7. The Hall–Kier alpha value is -2.85. The molecule has 1 atom stereocenters. The minimum atomic E-state index is 0.0111. The molecule has 3 rings (SSSR count). The Balaban J connectivity index is 1.88. The molecule has 7 nitrogen and oxygen atoms in total. The van der Waals surface area contributed by atoms with Crippen LogP contribution in [0, 0.1) is 12.3 Å². The number of methoxy groups -OCH3 is 1. The maximum atomic E-state index is 10.2. The maximum Gasteiger partial charge on any atom is 0.246 e. The molecule has 0 bridgehead atoms. The fourth-order valence-electron chi connectivity index (χ4n) is 2.66. The molecule has 1 fully saturated rings. The number of hydrogen-bond donors (Lipinski definition) is 3. The van der Waals surface area contributed by atoms with E-state index < -0.39 is 0 Å². The first-order valence-corrected chi connectivity index (χ1v) is 7.77. The standard InChI is InChI=1S/C17H19N5O2/c1-3-11-6-7-13(14(23)9-11)15-16(24-2)20-17(22-21-15)19-12-5-4-8-18-10-12/h1,6-7,9,12,18,23H,4-5,8,10H2,2H3,(H,19,20,22)/t12-/m1/s1. The minimum absolute atomic E-state index is 0.0111. The number of anilines is 1. The summed E-state index contributed by atoms with van der Waals surface area (Å²) in [6.45, 7) is 1.90. The molecule has 2 heterocycles. The van der Waals surface area contributed by atoms with Crippen molar-refractivity contribution in [1.82, 2.24) is 20.5 Å². The second kappa shape index (κ2) is 7.15. The number of hydrogen-bond acceptors (Lipinski definition) is 7. The molecule has 7 heteroatoms. The summed E-state index contributed by atoms with van der Waals surface area (Å²) < 4.78 is 5.32. The summed E-state index contributed by atoms with van der Waals surface area (Å²) in [4.78, 5) is 4.36. The fourth-order valence-corrected chi connectivity index (χ4v) is 2.66. The third-order valence-electron chi connectivity index (χ3n) is 3.90. The zero-order chi connectivity index (χ0) is 16.9. The Morgan fingerprint density at radius 3 is 2.96 bits per heavy atom. The number of terminal acetylenes is 1. The van der Waals surface area contributed by atoms with Gasteiger partial charge in [0.1, 0.15) is 5.75 Å². The Morgan fingerprint density at radius 1 is 1.42 bits per heavy atom. The van der Waals surface area contributed by atoms with E-state index >= 15 is 0 Å². The van der Waals surface area contributed by atoms with Gasteiger partial charge in [-0.1, -0.05) is 5.92 Å². The average molecular weight is 325 g/mol. The van der Waals surface area contributed by atoms with E-state index in [9.17, 15) is 5.11 Å². The van der Waals surface area contributed by atoms with Gasteiger partial charge < -0.3 is 20.5 Å². The van der Waals surface area contributed by atoms with Crippen LogP contribution < -0.4 is 15.4 Å². The summed E-state index contributed by atoms with van der Waals surface area (Å²) >= 11 is 0. The lowest BCUT2D eigenvalue weighted by molar-refractivity contribution is 0.395. The van der Waals surface area contributed by atoms with Crippen LogP contribution >= 0.6 is 0 Å². The van der Waals surface area contributed by atoms with Crippen molar-refractivity contribution in [1.29, 1.82) is 0 Å². The third-order valence-corrected chi connectivity index (χ3v) is 3.90. The second-order valence-electron chi connectivity index (χ2n) is 5.56. The summed E-state index contributed by atoms with van der Waals surface area (Å²) in [5, 5.41) is 25.0. The lowest BCUT2D eigenvalue weighted by atomic mass is 10.1. The average Bonchev–Trinajstić information content (AvgIpc) is 2.62. The van der Waals surface area contributed by atoms with E-state index in [4.69, 9.17) is 11.2 Å². The number of rotatable bonds is 4. The van der Waals surface area contributed by atoms with Crippen LogP contribution in [0.15, 0.2) is 18.2 Å². The van der Waals surface area contributed by atoms with Crippen molar-refractivity contribution in [2.45, 2.75) is 18.9 Å². The molecule has 1 aromatic carbocycles. The van der Waals surface area contributed by atoms with Gasteiger partial charge >= 0.3 is 0 Å². The SMILES string of the molecule is C#Cc1ccc(-c2nnc(N[C@@H]3CCCNC3)nc2OC)c(O)c1. The fraction of sp³-hybridized carbons (Fsp3) is 0.353. The number of nitrogens with one attached hydrogen (secondary N) is 2. The molecule has 1 aliphatic rings. The Labute approximate surface area is 140 Å². The maximum absolute atomic E-state index is 10.2. The van der Waals surface area contributed by atoms with E-state index in [1.165, 1.54) is 13.2 Å². The highest BCUT2D eigenvalue weighted by atomic mass is 16.5. The molecule has 0 saturated carbocycles. The topological polar surface area (TPSA) is 92.2 Å². The van der Waals surface area contributed by atoms with Crippen molar-refractivity contribution >= 4 is 5.95 Å². The van der Waals surface area contributed by atoms with Crippen molar-refractivity contribution in [2.75, 3.05) is 25.5 Å². The van der Waals surface area contributed by atoms with Gasteiger partial charge in [-0.15, -0.1) is 16.6 Å². The summed E-state index contributed by atoms with van der Waals surface area (Å²) in [5.41, 5.74) is 1.42. The largest absolute Gasteiger partial charge is 0.507 e. The van der Waals surface area contributed by atoms with Crippen molar-refractivity contribution in [3.63, 3.8) is 0 Å². The van der Waals surface area contributed by atoms with E-state index in [1.807, 2.05) is 0 Å². The molecule has 0 aliphatic carbocycles. The van der Waals surface area contributed by atoms with Crippen molar-refractivity contribution in [2.24, 2.45) is 0 Å². The van der Waals surface area contributed by atoms with E-state index in [-0.39, 0.29) is 11.8 Å². The zero-order valence-electron chi connectivity index (χ0n) is 13.4. The van der Waals surface area contributed by atoms with Crippen LogP contribution in [0.1, 0.15) is 18.4 Å². The van der Waals surface area contributed by atoms with Crippen LogP contribution in [0.3, 0.4) is 0 Å². The number of phenolic OH excluding ortho intramolecular Hbond substituents is 1. The normalized spacial score (nSPS) is 17.1. The lowest BCUT2D eigenvalue weighted by Gasteiger charge is -2.23.